The number of nitrogens with zero attached hydrogens (tertiary/aromatic N) is 1. The minimum atomic E-state index is -4.06. The molecular weight excluding hydrogens is 434 g/mol. The third-order valence-electron chi connectivity index (χ3n) is 4.54. The van der Waals surface area contributed by atoms with Crippen molar-refractivity contribution >= 4 is 27.6 Å². The van der Waals surface area contributed by atoms with Gasteiger partial charge in [-0.05, 0) is 47.6 Å². The summed E-state index contributed by atoms with van der Waals surface area (Å²) < 4.78 is 30.7. The van der Waals surface area contributed by atoms with E-state index in [0.717, 1.165) is 5.56 Å². The van der Waals surface area contributed by atoms with E-state index in [4.69, 9.17) is 15.8 Å². The summed E-state index contributed by atoms with van der Waals surface area (Å²) >= 11 is 6.08. The average molecular weight is 466 g/mol. The van der Waals surface area contributed by atoms with E-state index in [9.17, 15) is 13.2 Å². The molecule has 0 saturated heterocycles. The van der Waals surface area contributed by atoms with Crippen LogP contribution < -0.4 is 4.18 Å². The topological polar surface area (TPSA) is 63.7 Å². The van der Waals surface area contributed by atoms with Crippen LogP contribution in [0.2, 0.25) is 5.02 Å². The number of halogens is 1. The van der Waals surface area contributed by atoms with Crippen LogP contribution in [0.15, 0.2) is 47.4 Å². The van der Waals surface area contributed by atoms with Crippen LogP contribution in [-0.4, -0.2) is 25.8 Å². The van der Waals surface area contributed by atoms with Crippen molar-refractivity contribution in [1.29, 1.82) is 0 Å². The fourth-order valence-corrected chi connectivity index (χ4v) is 4.96. The van der Waals surface area contributed by atoms with Crippen LogP contribution in [0.4, 0.5) is 0 Å². The Morgan fingerprint density at radius 3 is 2.23 bits per heavy atom. The quantitative estimate of drug-likeness (QED) is 0.459. The third kappa shape index (κ3) is 7.54. The van der Waals surface area contributed by atoms with Gasteiger partial charge in [-0.25, -0.2) is 0 Å². The van der Waals surface area contributed by atoms with Crippen molar-refractivity contribution in [3.63, 3.8) is 0 Å². The van der Waals surface area contributed by atoms with Crippen molar-refractivity contribution in [1.82, 2.24) is 4.90 Å². The molecule has 0 saturated carbocycles. The molecule has 0 atom stereocenters. The number of benzene rings is 2. The van der Waals surface area contributed by atoms with Gasteiger partial charge >= 0.3 is 10.1 Å². The van der Waals surface area contributed by atoms with Gasteiger partial charge in [-0.15, -0.1) is 0 Å². The van der Waals surface area contributed by atoms with Gasteiger partial charge in [-0.1, -0.05) is 70.5 Å². The van der Waals surface area contributed by atoms with Crippen molar-refractivity contribution in [2.75, 3.05) is 6.54 Å². The fraction of sp³-hybridized carbons (Fsp3) is 0.458. The number of hydrogen-bond acceptors (Lipinski definition) is 4. The van der Waals surface area contributed by atoms with Gasteiger partial charge in [-0.2, -0.15) is 8.42 Å². The van der Waals surface area contributed by atoms with Crippen molar-refractivity contribution in [3.05, 3.63) is 58.6 Å². The molecule has 0 spiro atoms. The van der Waals surface area contributed by atoms with E-state index in [1.54, 1.807) is 43.3 Å². The van der Waals surface area contributed by atoms with E-state index in [1.807, 2.05) is 25.7 Å². The summed E-state index contributed by atoms with van der Waals surface area (Å²) in [6.45, 7) is 13.1. The largest absolute Gasteiger partial charge is 0.379 e. The minimum Gasteiger partial charge on any atom is -0.379 e. The zero-order chi connectivity index (χ0) is 23.4. The second kappa shape index (κ2) is 10.0. The molecule has 0 bridgehead atoms. The summed E-state index contributed by atoms with van der Waals surface area (Å²) in [7, 11) is -4.06. The molecule has 170 valence electrons. The maximum Gasteiger partial charge on any atom is 0.340 e. The predicted molar refractivity (Wildman–Crippen MR) is 125 cm³/mol. The SMILES string of the molecule is Cc1cccc(Cl)c1S(=O)(=O)Oc1ccc(CN(CC(C)C)C(=O)CC(C)(C)C)cc1. The summed E-state index contributed by atoms with van der Waals surface area (Å²) in [5, 5.41) is 0.123. The maximum absolute atomic E-state index is 12.8. The lowest BCUT2D eigenvalue weighted by atomic mass is 9.91. The zero-order valence-corrected chi connectivity index (χ0v) is 20.7. The first kappa shape index (κ1) is 25.2. The first-order valence-electron chi connectivity index (χ1n) is 10.3. The van der Waals surface area contributed by atoms with Gasteiger partial charge in [0, 0.05) is 19.5 Å². The third-order valence-corrected chi connectivity index (χ3v) is 6.42. The average Bonchev–Trinajstić information content (AvgIpc) is 2.60. The molecule has 0 heterocycles. The molecule has 0 aliphatic rings. The first-order valence-corrected chi connectivity index (χ1v) is 12.1. The predicted octanol–water partition coefficient (Wildman–Crippen LogP) is 5.84. The Kier molecular flexibility index (Phi) is 8.17. The van der Waals surface area contributed by atoms with E-state index in [1.165, 1.54) is 6.07 Å². The van der Waals surface area contributed by atoms with Crippen LogP contribution in [-0.2, 0) is 21.5 Å². The molecule has 0 aliphatic heterocycles. The lowest BCUT2D eigenvalue weighted by molar-refractivity contribution is -0.134. The maximum atomic E-state index is 12.8. The highest BCUT2D eigenvalue weighted by molar-refractivity contribution is 7.87. The molecule has 0 fully saturated rings. The van der Waals surface area contributed by atoms with Crippen LogP contribution in [0.1, 0.15) is 52.2 Å². The second-order valence-electron chi connectivity index (χ2n) is 9.47. The highest BCUT2D eigenvalue weighted by Crippen LogP contribution is 2.28. The van der Waals surface area contributed by atoms with E-state index < -0.39 is 10.1 Å². The second-order valence-corrected chi connectivity index (χ2v) is 11.4. The van der Waals surface area contributed by atoms with Crippen molar-refractivity contribution in [3.8, 4) is 5.75 Å². The molecule has 1 amide bonds. The summed E-state index contributed by atoms with van der Waals surface area (Å²) in [5.74, 6) is 0.647. The van der Waals surface area contributed by atoms with Crippen molar-refractivity contribution < 1.29 is 17.4 Å². The van der Waals surface area contributed by atoms with Crippen LogP contribution >= 0.6 is 11.6 Å². The minimum absolute atomic E-state index is 0.0309. The lowest BCUT2D eigenvalue weighted by Gasteiger charge is -2.28. The lowest BCUT2D eigenvalue weighted by Crippen LogP contribution is -2.35. The fourth-order valence-electron chi connectivity index (χ4n) is 3.23. The highest BCUT2D eigenvalue weighted by atomic mass is 35.5. The zero-order valence-electron chi connectivity index (χ0n) is 19.1. The molecule has 0 unspecified atom stereocenters. The van der Waals surface area contributed by atoms with Crippen LogP contribution in [0.25, 0.3) is 0 Å². The molecule has 31 heavy (non-hydrogen) atoms. The molecule has 0 aliphatic carbocycles. The van der Waals surface area contributed by atoms with Gasteiger partial charge in [0.1, 0.15) is 10.6 Å². The van der Waals surface area contributed by atoms with Gasteiger partial charge in [-0.3, -0.25) is 4.79 Å². The van der Waals surface area contributed by atoms with Gasteiger partial charge in [0.15, 0.2) is 0 Å². The summed E-state index contributed by atoms with van der Waals surface area (Å²) in [6.07, 6.45) is 0.469. The Morgan fingerprint density at radius 1 is 1.10 bits per heavy atom. The highest BCUT2D eigenvalue weighted by Gasteiger charge is 2.24. The van der Waals surface area contributed by atoms with Crippen LogP contribution in [0.5, 0.6) is 5.75 Å². The number of rotatable bonds is 8. The molecule has 0 N–H and O–H groups in total. The molecule has 0 aromatic heterocycles. The normalized spacial score (nSPS) is 12.1. The van der Waals surface area contributed by atoms with E-state index in [0.29, 0.717) is 31.0 Å². The molecular formula is C24H32ClNO4S. The van der Waals surface area contributed by atoms with Crippen molar-refractivity contribution in [2.24, 2.45) is 11.3 Å². The van der Waals surface area contributed by atoms with E-state index in [-0.39, 0.29) is 27.0 Å². The van der Waals surface area contributed by atoms with Crippen molar-refractivity contribution in [2.45, 2.75) is 59.4 Å². The smallest absolute Gasteiger partial charge is 0.340 e. The summed E-state index contributed by atoms with van der Waals surface area (Å²) in [4.78, 5) is 14.6. The molecule has 2 aromatic carbocycles. The Morgan fingerprint density at radius 2 is 1.71 bits per heavy atom. The standard InChI is InChI=1S/C24H32ClNO4S/c1-17(2)15-26(22(27)14-24(4,5)6)16-19-10-12-20(13-11-19)30-31(28,29)23-18(3)8-7-9-21(23)25/h7-13,17H,14-16H2,1-6H3. The van der Waals surface area contributed by atoms with Gasteiger partial charge in [0.25, 0.3) is 0 Å². The monoisotopic (exact) mass is 465 g/mol. The summed E-state index contributed by atoms with van der Waals surface area (Å²) in [6, 6.07) is 11.6. The van der Waals surface area contributed by atoms with Gasteiger partial charge < -0.3 is 9.08 Å². The molecule has 2 rings (SSSR count). The molecule has 2 aromatic rings. The Balaban J connectivity index is 2.17. The number of hydrogen-bond donors (Lipinski definition) is 0. The van der Waals surface area contributed by atoms with E-state index in [2.05, 4.69) is 13.8 Å². The Labute approximate surface area is 191 Å². The van der Waals surface area contributed by atoms with E-state index >= 15 is 0 Å². The number of carbonyl (C=O) groups excluding carboxylic acids is 1. The first-order chi connectivity index (χ1) is 14.3. The summed E-state index contributed by atoms with van der Waals surface area (Å²) in [5.41, 5.74) is 1.34. The van der Waals surface area contributed by atoms with Crippen LogP contribution in [0.3, 0.4) is 0 Å². The number of carbonyl (C=O) groups is 1. The molecule has 5 nitrogen and oxygen atoms in total. The van der Waals surface area contributed by atoms with Crippen LogP contribution in [0, 0.1) is 18.3 Å². The Bertz CT molecular complexity index is 989. The molecule has 7 heteroatoms. The molecule has 0 radical (unpaired) electrons. The number of aryl methyl sites for hydroxylation is 1. The number of amides is 1. The van der Waals surface area contributed by atoms with Gasteiger partial charge in [0.2, 0.25) is 5.91 Å². The van der Waals surface area contributed by atoms with Gasteiger partial charge in [0.05, 0.1) is 5.02 Å². The Hall–Kier alpha value is -2.05.